The van der Waals surface area contributed by atoms with E-state index in [-0.39, 0.29) is 24.0 Å². The minimum Gasteiger partial charge on any atom is -0.381 e. The lowest BCUT2D eigenvalue weighted by Crippen LogP contribution is -2.41. The molecular weight excluding hydrogens is 413 g/mol. The molecule has 3 rings (SSSR count). The van der Waals surface area contributed by atoms with Crippen molar-refractivity contribution in [2.24, 2.45) is 10.4 Å². The lowest BCUT2D eigenvalue weighted by atomic mass is 9.87. The fraction of sp³-hybridized carbons (Fsp3) is 0.632. The molecule has 0 amide bonds. The molecule has 0 aromatic heterocycles. The normalized spacial score (nSPS) is 23.6. The summed E-state index contributed by atoms with van der Waals surface area (Å²) in [5, 5.41) is 3.46. The molecule has 4 nitrogen and oxygen atoms in total. The summed E-state index contributed by atoms with van der Waals surface area (Å²) in [6.45, 7) is 10.1. The van der Waals surface area contributed by atoms with Crippen LogP contribution in [-0.4, -0.2) is 50.3 Å². The molecule has 1 N–H and O–H groups in total. The summed E-state index contributed by atoms with van der Waals surface area (Å²) in [6, 6.07) is 8.76. The van der Waals surface area contributed by atoms with E-state index in [1.165, 1.54) is 24.0 Å². The molecule has 1 aromatic carbocycles. The van der Waals surface area contributed by atoms with Gasteiger partial charge in [0.25, 0.3) is 0 Å². The molecule has 0 bridgehead atoms. The Morgan fingerprint density at radius 2 is 2.08 bits per heavy atom. The Labute approximate surface area is 163 Å². The van der Waals surface area contributed by atoms with Crippen LogP contribution < -0.4 is 5.32 Å². The minimum absolute atomic E-state index is 0. The molecule has 134 valence electrons. The Hall–Kier alpha value is -0.820. The molecule has 1 atom stereocenters. The van der Waals surface area contributed by atoms with E-state index in [9.17, 15) is 0 Å². The van der Waals surface area contributed by atoms with E-state index in [4.69, 9.17) is 9.73 Å². The molecule has 0 saturated carbocycles. The van der Waals surface area contributed by atoms with Crippen molar-refractivity contribution in [2.45, 2.75) is 33.1 Å². The molecule has 2 fully saturated rings. The van der Waals surface area contributed by atoms with Gasteiger partial charge in [-0.2, -0.15) is 0 Å². The summed E-state index contributed by atoms with van der Waals surface area (Å²) in [4.78, 5) is 7.28. The minimum atomic E-state index is 0. The molecule has 2 heterocycles. The third-order valence-electron chi connectivity index (χ3n) is 5.04. The van der Waals surface area contributed by atoms with Crippen LogP contribution in [0.3, 0.4) is 0 Å². The highest BCUT2D eigenvalue weighted by Crippen LogP contribution is 2.38. The van der Waals surface area contributed by atoms with Crippen LogP contribution in [0.15, 0.2) is 29.3 Å². The van der Waals surface area contributed by atoms with Crippen LogP contribution in [-0.2, 0) is 11.2 Å². The summed E-state index contributed by atoms with van der Waals surface area (Å²) in [5.41, 5.74) is 3.05. The van der Waals surface area contributed by atoms with Crippen LogP contribution in [0.25, 0.3) is 0 Å². The van der Waals surface area contributed by atoms with Crippen molar-refractivity contribution >= 4 is 29.9 Å². The largest absolute Gasteiger partial charge is 0.381 e. The highest BCUT2D eigenvalue weighted by atomic mass is 127. The summed E-state index contributed by atoms with van der Waals surface area (Å²) in [5.74, 6) is 1.07. The van der Waals surface area contributed by atoms with Gasteiger partial charge in [0.15, 0.2) is 5.96 Å². The average molecular weight is 443 g/mol. The molecule has 0 radical (unpaired) electrons. The number of aliphatic imine (C=N–C) groups is 1. The third-order valence-corrected chi connectivity index (χ3v) is 5.04. The first-order chi connectivity index (χ1) is 11.2. The van der Waals surface area contributed by atoms with Crippen molar-refractivity contribution in [1.29, 1.82) is 0 Å². The number of hydrogen-bond donors (Lipinski definition) is 1. The zero-order valence-electron chi connectivity index (χ0n) is 14.9. The Morgan fingerprint density at radius 3 is 2.75 bits per heavy atom. The van der Waals surface area contributed by atoms with E-state index in [2.05, 4.69) is 48.3 Å². The predicted octanol–water partition coefficient (Wildman–Crippen LogP) is 3.23. The van der Waals surface area contributed by atoms with E-state index in [0.717, 1.165) is 51.8 Å². The molecule has 1 aromatic rings. The maximum atomic E-state index is 5.63. The van der Waals surface area contributed by atoms with Crippen molar-refractivity contribution in [2.75, 3.05) is 39.4 Å². The average Bonchev–Trinajstić information content (AvgIpc) is 3.19. The first-order valence-electron chi connectivity index (χ1n) is 8.87. The molecular formula is C19H30IN3O. The fourth-order valence-electron chi connectivity index (χ4n) is 3.56. The lowest BCUT2D eigenvalue weighted by Gasteiger charge is -2.25. The zero-order chi connectivity index (χ0) is 16.1. The SMILES string of the molecule is CCNC(=NCCc1ccc(C)cc1)N1CCC2(CCOC2)C1.I. The van der Waals surface area contributed by atoms with Gasteiger partial charge >= 0.3 is 0 Å². The number of nitrogens with zero attached hydrogens (tertiary/aromatic N) is 2. The second-order valence-electron chi connectivity index (χ2n) is 6.95. The van der Waals surface area contributed by atoms with Crippen molar-refractivity contribution in [3.05, 3.63) is 35.4 Å². The van der Waals surface area contributed by atoms with Crippen LogP contribution in [0, 0.1) is 12.3 Å². The second-order valence-corrected chi connectivity index (χ2v) is 6.95. The van der Waals surface area contributed by atoms with Crippen molar-refractivity contribution in [3.8, 4) is 0 Å². The molecule has 1 unspecified atom stereocenters. The summed E-state index contributed by atoms with van der Waals surface area (Å²) in [6.07, 6.45) is 3.43. The fourth-order valence-corrected chi connectivity index (χ4v) is 3.56. The van der Waals surface area contributed by atoms with Gasteiger partial charge in [-0.05, 0) is 38.7 Å². The highest BCUT2D eigenvalue weighted by Gasteiger charge is 2.42. The number of hydrogen-bond acceptors (Lipinski definition) is 2. The number of guanidine groups is 1. The van der Waals surface area contributed by atoms with Crippen LogP contribution in [0.4, 0.5) is 0 Å². The number of aryl methyl sites for hydroxylation is 1. The van der Waals surface area contributed by atoms with Crippen molar-refractivity contribution < 1.29 is 4.74 Å². The first-order valence-corrected chi connectivity index (χ1v) is 8.87. The van der Waals surface area contributed by atoms with Gasteiger partial charge in [0, 0.05) is 38.2 Å². The van der Waals surface area contributed by atoms with E-state index in [0.29, 0.717) is 5.41 Å². The topological polar surface area (TPSA) is 36.9 Å². The van der Waals surface area contributed by atoms with Crippen molar-refractivity contribution in [1.82, 2.24) is 10.2 Å². The number of rotatable bonds is 4. The van der Waals surface area contributed by atoms with Gasteiger partial charge in [0.05, 0.1) is 6.61 Å². The molecule has 1 spiro atoms. The molecule has 5 heteroatoms. The van der Waals surface area contributed by atoms with E-state index >= 15 is 0 Å². The maximum absolute atomic E-state index is 5.63. The number of nitrogens with one attached hydrogen (secondary N) is 1. The molecule has 2 saturated heterocycles. The van der Waals surface area contributed by atoms with Gasteiger partial charge in [-0.15, -0.1) is 24.0 Å². The van der Waals surface area contributed by atoms with Gasteiger partial charge in [-0.1, -0.05) is 29.8 Å². The van der Waals surface area contributed by atoms with Crippen LogP contribution in [0.2, 0.25) is 0 Å². The monoisotopic (exact) mass is 443 g/mol. The number of halogens is 1. The van der Waals surface area contributed by atoms with Gasteiger partial charge in [-0.3, -0.25) is 4.99 Å². The zero-order valence-corrected chi connectivity index (χ0v) is 17.2. The van der Waals surface area contributed by atoms with Crippen LogP contribution >= 0.6 is 24.0 Å². The summed E-state index contributed by atoms with van der Waals surface area (Å²) >= 11 is 0. The van der Waals surface area contributed by atoms with Crippen LogP contribution in [0.5, 0.6) is 0 Å². The van der Waals surface area contributed by atoms with Gasteiger partial charge < -0.3 is 15.0 Å². The number of benzene rings is 1. The Bertz CT molecular complexity index is 538. The first kappa shape index (κ1) is 19.5. The Balaban J connectivity index is 0.00000208. The second kappa shape index (κ2) is 9.04. The number of likely N-dealkylation sites (tertiary alicyclic amines) is 1. The smallest absolute Gasteiger partial charge is 0.193 e. The molecule has 0 aliphatic carbocycles. The molecule has 2 aliphatic heterocycles. The van der Waals surface area contributed by atoms with Crippen molar-refractivity contribution in [3.63, 3.8) is 0 Å². The quantitative estimate of drug-likeness (QED) is 0.441. The van der Waals surface area contributed by atoms with E-state index in [1.54, 1.807) is 0 Å². The third kappa shape index (κ3) is 4.85. The van der Waals surface area contributed by atoms with Gasteiger partial charge in [0.2, 0.25) is 0 Å². The van der Waals surface area contributed by atoms with E-state index < -0.39 is 0 Å². The molecule has 24 heavy (non-hydrogen) atoms. The Morgan fingerprint density at radius 1 is 1.29 bits per heavy atom. The summed E-state index contributed by atoms with van der Waals surface area (Å²) < 4.78 is 5.63. The standard InChI is InChI=1S/C19H29N3O.HI/c1-3-20-18(21-11-8-17-6-4-16(2)5-7-17)22-12-9-19(14-22)10-13-23-15-19;/h4-7H,3,8-15H2,1-2H3,(H,20,21);1H. The maximum Gasteiger partial charge on any atom is 0.193 e. The van der Waals surface area contributed by atoms with Crippen LogP contribution in [0.1, 0.15) is 30.9 Å². The van der Waals surface area contributed by atoms with E-state index in [1.807, 2.05) is 0 Å². The Kier molecular flexibility index (Phi) is 7.34. The number of ether oxygens (including phenoxy) is 1. The lowest BCUT2D eigenvalue weighted by molar-refractivity contribution is 0.156. The summed E-state index contributed by atoms with van der Waals surface area (Å²) in [7, 11) is 0. The predicted molar refractivity (Wildman–Crippen MR) is 110 cm³/mol. The van der Waals surface area contributed by atoms with Gasteiger partial charge in [0.1, 0.15) is 0 Å². The molecule has 2 aliphatic rings. The highest BCUT2D eigenvalue weighted by molar-refractivity contribution is 14.0. The van der Waals surface area contributed by atoms with Gasteiger partial charge in [-0.25, -0.2) is 0 Å².